The zero-order chi connectivity index (χ0) is 23.3. The van der Waals surface area contributed by atoms with Gasteiger partial charge in [0.15, 0.2) is 5.76 Å². The van der Waals surface area contributed by atoms with Crippen molar-refractivity contribution in [2.24, 2.45) is 0 Å². The number of hydrogen-bond donors (Lipinski definition) is 0. The van der Waals surface area contributed by atoms with Gasteiger partial charge in [-0.05, 0) is 62.5 Å². The lowest BCUT2D eigenvalue weighted by atomic mass is 10.2. The first kappa shape index (κ1) is 23.8. The van der Waals surface area contributed by atoms with Crippen LogP contribution in [0.25, 0.3) is 0 Å². The molecular formula is C23H25ClN2O5S. The fourth-order valence-corrected chi connectivity index (χ4v) is 4.82. The number of amides is 1. The van der Waals surface area contributed by atoms with E-state index in [0.717, 1.165) is 5.56 Å². The predicted octanol–water partition coefficient (Wildman–Crippen LogP) is 4.21. The van der Waals surface area contributed by atoms with Crippen LogP contribution in [0, 0.1) is 6.92 Å². The molecule has 0 unspecified atom stereocenters. The minimum absolute atomic E-state index is 0.0513. The highest BCUT2D eigenvalue weighted by Gasteiger charge is 2.23. The summed E-state index contributed by atoms with van der Waals surface area (Å²) in [5.74, 6) is 0.212. The highest BCUT2D eigenvalue weighted by Crippen LogP contribution is 2.28. The standard InChI is InChI=1S/C23H25ClN2O5S/c1-17-6-4-7-20(24)22(17)32(28,29)31-19-11-9-18(10-12-19)16-26(14-13-25(2)3)23(27)21-8-5-15-30-21/h4-12,15H,13-14,16H2,1-3H3. The Morgan fingerprint density at radius 2 is 1.75 bits per heavy atom. The molecule has 3 rings (SSSR count). The molecule has 0 saturated carbocycles. The van der Waals surface area contributed by atoms with Crippen LogP contribution < -0.4 is 4.18 Å². The predicted molar refractivity (Wildman–Crippen MR) is 122 cm³/mol. The molecule has 2 aromatic carbocycles. The molecule has 0 aliphatic heterocycles. The molecule has 0 fully saturated rings. The Bertz CT molecular complexity index is 1140. The van der Waals surface area contributed by atoms with Crippen LogP contribution in [0.3, 0.4) is 0 Å². The highest BCUT2D eigenvalue weighted by atomic mass is 35.5. The first-order chi connectivity index (χ1) is 15.2. The Labute approximate surface area is 193 Å². The average Bonchev–Trinajstić information content (AvgIpc) is 3.26. The lowest BCUT2D eigenvalue weighted by Crippen LogP contribution is -2.36. The monoisotopic (exact) mass is 476 g/mol. The summed E-state index contributed by atoms with van der Waals surface area (Å²) in [6.07, 6.45) is 1.46. The summed E-state index contributed by atoms with van der Waals surface area (Å²) in [5.41, 5.74) is 1.32. The van der Waals surface area contributed by atoms with Crippen molar-refractivity contribution < 1.29 is 21.8 Å². The zero-order valence-electron chi connectivity index (χ0n) is 18.1. The Hall–Kier alpha value is -2.81. The molecule has 7 nitrogen and oxygen atoms in total. The smallest absolute Gasteiger partial charge is 0.340 e. The summed E-state index contributed by atoms with van der Waals surface area (Å²) in [5, 5.41) is 0.106. The molecule has 0 spiro atoms. The SMILES string of the molecule is Cc1cccc(Cl)c1S(=O)(=O)Oc1ccc(CN(CCN(C)C)C(=O)c2ccco2)cc1. The Kier molecular flexibility index (Phi) is 7.60. The van der Waals surface area contributed by atoms with Gasteiger partial charge in [-0.15, -0.1) is 0 Å². The molecule has 0 N–H and O–H groups in total. The number of likely N-dealkylation sites (N-methyl/N-ethyl adjacent to an activating group) is 1. The molecular weight excluding hydrogens is 452 g/mol. The van der Waals surface area contributed by atoms with Gasteiger partial charge in [0.2, 0.25) is 0 Å². The zero-order valence-corrected chi connectivity index (χ0v) is 19.7. The van der Waals surface area contributed by atoms with Crippen molar-refractivity contribution in [2.75, 3.05) is 27.2 Å². The fraction of sp³-hybridized carbons (Fsp3) is 0.261. The van der Waals surface area contributed by atoms with E-state index in [-0.39, 0.29) is 27.3 Å². The van der Waals surface area contributed by atoms with Crippen LogP contribution in [0.4, 0.5) is 0 Å². The van der Waals surface area contributed by atoms with E-state index in [9.17, 15) is 13.2 Å². The van der Waals surface area contributed by atoms with Crippen LogP contribution >= 0.6 is 11.6 Å². The first-order valence-electron chi connectivity index (χ1n) is 9.93. The lowest BCUT2D eigenvalue weighted by molar-refractivity contribution is 0.0700. The van der Waals surface area contributed by atoms with Gasteiger partial charge in [-0.3, -0.25) is 4.79 Å². The number of carbonyl (C=O) groups excluding carboxylic acids is 1. The van der Waals surface area contributed by atoms with Gasteiger partial charge >= 0.3 is 10.1 Å². The van der Waals surface area contributed by atoms with E-state index in [0.29, 0.717) is 25.2 Å². The second kappa shape index (κ2) is 10.2. The first-order valence-corrected chi connectivity index (χ1v) is 11.7. The van der Waals surface area contributed by atoms with E-state index in [4.69, 9.17) is 20.2 Å². The largest absolute Gasteiger partial charge is 0.459 e. The van der Waals surface area contributed by atoms with Crippen molar-refractivity contribution in [3.8, 4) is 5.75 Å². The molecule has 170 valence electrons. The maximum Gasteiger partial charge on any atom is 0.340 e. The second-order valence-corrected chi connectivity index (χ2v) is 9.46. The van der Waals surface area contributed by atoms with Crippen LogP contribution in [-0.2, 0) is 16.7 Å². The second-order valence-electron chi connectivity index (χ2n) is 7.57. The van der Waals surface area contributed by atoms with E-state index in [1.165, 1.54) is 12.3 Å². The summed E-state index contributed by atoms with van der Waals surface area (Å²) < 4.78 is 35.9. The van der Waals surface area contributed by atoms with Crippen LogP contribution in [-0.4, -0.2) is 51.3 Å². The summed E-state index contributed by atoms with van der Waals surface area (Å²) in [6.45, 7) is 3.18. The van der Waals surface area contributed by atoms with E-state index in [1.807, 2.05) is 19.0 Å². The van der Waals surface area contributed by atoms with E-state index < -0.39 is 10.1 Å². The number of benzene rings is 2. The van der Waals surface area contributed by atoms with E-state index >= 15 is 0 Å². The van der Waals surface area contributed by atoms with Gasteiger partial charge in [-0.1, -0.05) is 35.9 Å². The highest BCUT2D eigenvalue weighted by molar-refractivity contribution is 7.87. The molecule has 0 bridgehead atoms. The molecule has 32 heavy (non-hydrogen) atoms. The van der Waals surface area contributed by atoms with Crippen molar-refractivity contribution in [3.63, 3.8) is 0 Å². The molecule has 1 amide bonds. The third kappa shape index (κ3) is 5.91. The third-order valence-corrected chi connectivity index (χ3v) is 6.63. The summed E-state index contributed by atoms with van der Waals surface area (Å²) in [6, 6.07) is 14.7. The lowest BCUT2D eigenvalue weighted by Gasteiger charge is -2.23. The molecule has 9 heteroatoms. The van der Waals surface area contributed by atoms with Crippen molar-refractivity contribution in [1.29, 1.82) is 0 Å². The maximum atomic E-state index is 12.8. The van der Waals surface area contributed by atoms with Gasteiger partial charge in [-0.2, -0.15) is 8.42 Å². The minimum Gasteiger partial charge on any atom is -0.459 e. The van der Waals surface area contributed by atoms with Crippen LogP contribution in [0.15, 0.2) is 70.2 Å². The third-order valence-electron chi connectivity index (χ3n) is 4.75. The summed E-state index contributed by atoms with van der Waals surface area (Å²) in [4.78, 5) is 16.4. The fourth-order valence-electron chi connectivity index (χ4n) is 3.10. The molecule has 1 heterocycles. The van der Waals surface area contributed by atoms with Gasteiger partial charge < -0.3 is 18.4 Å². The number of furan rings is 1. The van der Waals surface area contributed by atoms with Gasteiger partial charge in [0.25, 0.3) is 5.91 Å². The van der Waals surface area contributed by atoms with Crippen LogP contribution in [0.1, 0.15) is 21.7 Å². The molecule has 0 saturated heterocycles. The number of carbonyl (C=O) groups is 1. The summed E-state index contributed by atoms with van der Waals surface area (Å²) in [7, 11) is -0.219. The van der Waals surface area contributed by atoms with Crippen LogP contribution in [0.2, 0.25) is 5.02 Å². The molecule has 3 aromatic rings. The number of hydrogen-bond acceptors (Lipinski definition) is 6. The number of nitrogens with zero attached hydrogens (tertiary/aromatic N) is 2. The minimum atomic E-state index is -4.09. The summed E-state index contributed by atoms with van der Waals surface area (Å²) >= 11 is 6.08. The average molecular weight is 477 g/mol. The molecule has 1 aromatic heterocycles. The maximum absolute atomic E-state index is 12.8. The molecule has 0 aliphatic carbocycles. The van der Waals surface area contributed by atoms with Crippen molar-refractivity contribution in [2.45, 2.75) is 18.4 Å². The van der Waals surface area contributed by atoms with Crippen molar-refractivity contribution in [1.82, 2.24) is 9.80 Å². The van der Waals surface area contributed by atoms with Gasteiger partial charge in [-0.25, -0.2) is 0 Å². The number of aryl methyl sites for hydroxylation is 1. The van der Waals surface area contributed by atoms with Crippen molar-refractivity contribution in [3.05, 3.63) is 82.8 Å². The quantitative estimate of drug-likeness (QED) is 0.430. The molecule has 0 aliphatic rings. The topological polar surface area (TPSA) is 80.1 Å². The van der Waals surface area contributed by atoms with Gasteiger partial charge in [0.05, 0.1) is 11.3 Å². The Balaban J connectivity index is 1.75. The van der Waals surface area contributed by atoms with Gasteiger partial charge in [0.1, 0.15) is 10.6 Å². The molecule has 0 atom stereocenters. The Morgan fingerprint density at radius 1 is 1.03 bits per heavy atom. The Morgan fingerprint density at radius 3 is 2.34 bits per heavy atom. The molecule has 0 radical (unpaired) electrons. The van der Waals surface area contributed by atoms with Crippen molar-refractivity contribution >= 4 is 27.6 Å². The normalized spacial score (nSPS) is 11.5. The number of rotatable bonds is 9. The van der Waals surface area contributed by atoms with Crippen LogP contribution in [0.5, 0.6) is 5.75 Å². The van der Waals surface area contributed by atoms with Gasteiger partial charge in [0, 0.05) is 19.6 Å². The number of halogens is 1. The van der Waals surface area contributed by atoms with E-state index in [1.54, 1.807) is 60.4 Å². The van der Waals surface area contributed by atoms with E-state index in [2.05, 4.69) is 0 Å².